The van der Waals surface area contributed by atoms with E-state index in [1.165, 1.54) is 0 Å². The minimum absolute atomic E-state index is 0.327. The molecule has 156 valence electrons. The van der Waals surface area contributed by atoms with Crippen molar-refractivity contribution in [2.75, 3.05) is 25.0 Å². The molecule has 9 heteroatoms. The third kappa shape index (κ3) is 6.79. The van der Waals surface area contributed by atoms with Crippen LogP contribution in [0, 0.1) is 17.5 Å². The molecular formula is C20H23F3N4O2. The lowest BCUT2D eigenvalue weighted by molar-refractivity contribution is -0.114. The number of aliphatic hydroxyl groups is 1. The van der Waals surface area contributed by atoms with Crippen molar-refractivity contribution >= 4 is 17.6 Å². The van der Waals surface area contributed by atoms with Crippen LogP contribution in [-0.2, 0) is 4.79 Å². The van der Waals surface area contributed by atoms with Gasteiger partial charge in [-0.15, -0.1) is 0 Å². The third-order valence-electron chi connectivity index (χ3n) is 3.93. The maximum absolute atomic E-state index is 13.6. The molecule has 0 spiro atoms. The summed E-state index contributed by atoms with van der Waals surface area (Å²) >= 11 is 0. The molecule has 1 amide bonds. The number of carbonyl (C=O) groups excluding carboxylic acids is 1. The van der Waals surface area contributed by atoms with Crippen LogP contribution < -0.4 is 16.0 Å². The molecule has 4 N–H and O–H groups in total. The molecule has 2 aromatic carbocycles. The van der Waals surface area contributed by atoms with E-state index in [1.54, 1.807) is 0 Å². The number of amides is 1. The van der Waals surface area contributed by atoms with Crippen molar-refractivity contribution in [1.82, 2.24) is 10.6 Å². The summed E-state index contributed by atoms with van der Waals surface area (Å²) in [4.78, 5) is 16.0. The highest BCUT2D eigenvalue weighted by atomic mass is 19.2. The summed E-state index contributed by atoms with van der Waals surface area (Å²) in [7, 11) is 0. The van der Waals surface area contributed by atoms with Crippen molar-refractivity contribution in [3.05, 3.63) is 65.5 Å². The van der Waals surface area contributed by atoms with E-state index >= 15 is 0 Å². The first kappa shape index (κ1) is 22.2. The molecule has 0 saturated heterocycles. The zero-order chi connectivity index (χ0) is 21.2. The topological polar surface area (TPSA) is 85.8 Å². The van der Waals surface area contributed by atoms with Crippen LogP contribution in [0.25, 0.3) is 0 Å². The van der Waals surface area contributed by atoms with Crippen molar-refractivity contribution in [3.63, 3.8) is 0 Å². The molecular weight excluding hydrogens is 385 g/mol. The molecule has 2 aromatic rings. The number of hydrogen-bond donors (Lipinski definition) is 4. The van der Waals surface area contributed by atoms with Crippen molar-refractivity contribution in [2.24, 2.45) is 4.99 Å². The van der Waals surface area contributed by atoms with E-state index in [0.29, 0.717) is 25.5 Å². The van der Waals surface area contributed by atoms with Gasteiger partial charge >= 0.3 is 0 Å². The number of nitrogens with zero attached hydrogens (tertiary/aromatic N) is 1. The molecule has 0 saturated carbocycles. The minimum atomic E-state index is -1.65. The summed E-state index contributed by atoms with van der Waals surface area (Å²) in [6.45, 7) is 2.40. The number of aliphatic imine (C=N–C) groups is 1. The van der Waals surface area contributed by atoms with Gasteiger partial charge in [-0.25, -0.2) is 18.2 Å². The fourth-order valence-corrected chi connectivity index (χ4v) is 2.47. The smallest absolute Gasteiger partial charge is 0.246 e. The van der Waals surface area contributed by atoms with Gasteiger partial charge in [0.1, 0.15) is 6.54 Å². The fourth-order valence-electron chi connectivity index (χ4n) is 2.47. The largest absolute Gasteiger partial charge is 0.388 e. The SMILES string of the molecule is CCNC(=NCC(=O)Nc1ccc(F)c(F)c1F)NCCC(O)c1ccccc1. The lowest BCUT2D eigenvalue weighted by Gasteiger charge is -2.14. The molecule has 6 nitrogen and oxygen atoms in total. The van der Waals surface area contributed by atoms with Gasteiger partial charge in [-0.05, 0) is 31.0 Å². The molecule has 0 radical (unpaired) electrons. The predicted octanol–water partition coefficient (Wildman–Crippen LogP) is 2.72. The Morgan fingerprint density at radius 2 is 1.79 bits per heavy atom. The van der Waals surface area contributed by atoms with Crippen LogP contribution in [0.15, 0.2) is 47.5 Å². The maximum atomic E-state index is 13.6. The molecule has 0 heterocycles. The van der Waals surface area contributed by atoms with Crippen molar-refractivity contribution in [3.8, 4) is 0 Å². The molecule has 0 aromatic heterocycles. The van der Waals surface area contributed by atoms with Gasteiger partial charge in [0.25, 0.3) is 0 Å². The van der Waals surface area contributed by atoms with E-state index in [-0.39, 0.29) is 6.54 Å². The Balaban J connectivity index is 1.87. The Labute approximate surface area is 166 Å². The quantitative estimate of drug-likeness (QED) is 0.307. The van der Waals surface area contributed by atoms with Crippen LogP contribution in [0.2, 0.25) is 0 Å². The van der Waals surface area contributed by atoms with E-state index in [2.05, 4.69) is 20.9 Å². The number of nitrogens with one attached hydrogen (secondary N) is 3. The number of anilines is 1. The Kier molecular flexibility index (Phi) is 8.47. The minimum Gasteiger partial charge on any atom is -0.388 e. The van der Waals surface area contributed by atoms with Gasteiger partial charge in [-0.2, -0.15) is 0 Å². The van der Waals surface area contributed by atoms with Gasteiger partial charge < -0.3 is 21.1 Å². The summed E-state index contributed by atoms with van der Waals surface area (Å²) in [6.07, 6.45) is -0.230. The van der Waals surface area contributed by atoms with Gasteiger partial charge in [0, 0.05) is 13.1 Å². The summed E-state index contributed by atoms with van der Waals surface area (Å²) in [5, 5.41) is 18.2. The van der Waals surface area contributed by atoms with Gasteiger partial charge in [-0.1, -0.05) is 30.3 Å². The van der Waals surface area contributed by atoms with Gasteiger partial charge in [0.15, 0.2) is 23.4 Å². The van der Waals surface area contributed by atoms with Crippen LogP contribution in [-0.4, -0.2) is 36.6 Å². The van der Waals surface area contributed by atoms with Crippen LogP contribution in [0.1, 0.15) is 25.0 Å². The number of benzene rings is 2. The lowest BCUT2D eigenvalue weighted by atomic mass is 10.1. The van der Waals surface area contributed by atoms with Crippen molar-refractivity contribution < 1.29 is 23.1 Å². The van der Waals surface area contributed by atoms with Crippen molar-refractivity contribution in [1.29, 1.82) is 0 Å². The second-order valence-corrected chi connectivity index (χ2v) is 6.11. The molecule has 0 bridgehead atoms. The zero-order valence-electron chi connectivity index (χ0n) is 15.9. The Hall–Kier alpha value is -3.07. The number of guanidine groups is 1. The monoisotopic (exact) mass is 408 g/mol. The van der Waals surface area contributed by atoms with Crippen molar-refractivity contribution in [2.45, 2.75) is 19.4 Å². The van der Waals surface area contributed by atoms with E-state index in [9.17, 15) is 23.1 Å². The van der Waals surface area contributed by atoms with Crippen LogP contribution in [0.3, 0.4) is 0 Å². The van der Waals surface area contributed by atoms with E-state index < -0.39 is 35.2 Å². The Bertz CT molecular complexity index is 847. The van der Waals surface area contributed by atoms with E-state index in [1.807, 2.05) is 37.3 Å². The predicted molar refractivity (Wildman–Crippen MR) is 105 cm³/mol. The summed E-state index contributed by atoms with van der Waals surface area (Å²) in [5.74, 6) is -4.83. The number of carbonyl (C=O) groups is 1. The first-order valence-corrected chi connectivity index (χ1v) is 9.11. The second kappa shape index (κ2) is 11.1. The van der Waals surface area contributed by atoms with Crippen LogP contribution in [0.4, 0.5) is 18.9 Å². The summed E-state index contributed by atoms with van der Waals surface area (Å²) < 4.78 is 39.8. The van der Waals surface area contributed by atoms with E-state index in [4.69, 9.17) is 0 Å². The standard InChI is InChI=1S/C20H23F3N4O2/c1-2-24-20(25-11-10-16(28)13-6-4-3-5-7-13)26-12-17(29)27-15-9-8-14(21)18(22)19(15)23/h3-9,16,28H,2,10-12H2,1H3,(H,27,29)(H2,24,25,26). The lowest BCUT2D eigenvalue weighted by Crippen LogP contribution is -2.38. The molecule has 29 heavy (non-hydrogen) atoms. The van der Waals surface area contributed by atoms with Crippen LogP contribution in [0.5, 0.6) is 0 Å². The van der Waals surface area contributed by atoms with Gasteiger partial charge in [-0.3, -0.25) is 4.79 Å². The van der Waals surface area contributed by atoms with E-state index in [0.717, 1.165) is 17.7 Å². The first-order chi connectivity index (χ1) is 13.9. The number of halogens is 3. The first-order valence-electron chi connectivity index (χ1n) is 9.11. The third-order valence-corrected chi connectivity index (χ3v) is 3.93. The van der Waals surface area contributed by atoms with Gasteiger partial charge in [0.2, 0.25) is 5.91 Å². The Morgan fingerprint density at radius 1 is 1.07 bits per heavy atom. The highest BCUT2D eigenvalue weighted by Crippen LogP contribution is 2.19. The average Bonchev–Trinajstić information content (AvgIpc) is 2.73. The van der Waals surface area contributed by atoms with Gasteiger partial charge in [0.05, 0.1) is 11.8 Å². The maximum Gasteiger partial charge on any atom is 0.246 e. The molecule has 0 aliphatic rings. The molecule has 0 aliphatic heterocycles. The summed E-state index contributed by atoms with van der Waals surface area (Å²) in [6, 6.07) is 10.8. The molecule has 1 unspecified atom stereocenters. The Morgan fingerprint density at radius 3 is 2.48 bits per heavy atom. The molecule has 2 rings (SSSR count). The molecule has 0 aliphatic carbocycles. The zero-order valence-corrected chi connectivity index (χ0v) is 15.9. The highest BCUT2D eigenvalue weighted by Gasteiger charge is 2.15. The second-order valence-electron chi connectivity index (χ2n) is 6.11. The number of aliphatic hydroxyl groups excluding tert-OH is 1. The highest BCUT2D eigenvalue weighted by molar-refractivity contribution is 5.94. The fraction of sp³-hybridized carbons (Fsp3) is 0.300. The van der Waals surface area contributed by atoms with Crippen LogP contribution >= 0.6 is 0 Å². The number of hydrogen-bond acceptors (Lipinski definition) is 3. The molecule has 1 atom stereocenters. The summed E-state index contributed by atoms with van der Waals surface area (Å²) in [5.41, 5.74) is 0.331. The normalized spacial score (nSPS) is 12.4. The molecule has 0 fully saturated rings. The number of rotatable bonds is 8. The average molecular weight is 408 g/mol.